The van der Waals surface area contributed by atoms with Crippen LogP contribution < -0.4 is 0 Å². The Kier molecular flexibility index (Phi) is 8.70. The number of hydrogen-bond donors (Lipinski definition) is 0. The third-order valence-electron chi connectivity index (χ3n) is 2.85. The summed E-state index contributed by atoms with van der Waals surface area (Å²) in [5, 5.41) is 0. The van der Waals surface area contributed by atoms with Crippen molar-refractivity contribution in [2.45, 2.75) is 45.6 Å². The largest absolute Gasteiger partial charge is 0.394 e. The number of halogens is 1. The molecule has 4 heteroatoms. The van der Waals surface area contributed by atoms with E-state index in [4.69, 9.17) is 8.85 Å². The second-order valence-electron chi connectivity index (χ2n) is 4.43. The Morgan fingerprint density at radius 2 is 1.79 bits per heavy atom. The molecule has 107 valence electrons. The second kappa shape index (κ2) is 10.1. The molecule has 0 atom stereocenters. The monoisotopic (exact) mass is 283 g/mol. The number of benzene rings is 1. The lowest BCUT2D eigenvalue weighted by atomic mass is 10.1. The van der Waals surface area contributed by atoms with E-state index in [1.54, 1.807) is 12.1 Å². The summed E-state index contributed by atoms with van der Waals surface area (Å²) in [4.78, 5) is 0. The molecule has 19 heavy (non-hydrogen) atoms. The SMILES string of the molecule is CCO[Si](CCCCCc1cccc(F)c1)OCC. The van der Waals surface area contributed by atoms with Gasteiger partial charge in [0.25, 0.3) is 0 Å². The van der Waals surface area contributed by atoms with Crippen LogP contribution in [0.5, 0.6) is 0 Å². The highest BCUT2D eigenvalue weighted by Gasteiger charge is 2.13. The minimum atomic E-state index is -1.06. The van der Waals surface area contributed by atoms with E-state index in [0.717, 1.165) is 50.5 Å². The molecule has 1 radical (unpaired) electrons. The number of hydrogen-bond acceptors (Lipinski definition) is 2. The topological polar surface area (TPSA) is 18.5 Å². The predicted octanol–water partition coefficient (Wildman–Crippen LogP) is 4.10. The van der Waals surface area contributed by atoms with Gasteiger partial charge in [-0.3, -0.25) is 0 Å². The van der Waals surface area contributed by atoms with Gasteiger partial charge in [-0.1, -0.05) is 25.0 Å². The van der Waals surface area contributed by atoms with Crippen LogP contribution >= 0.6 is 0 Å². The van der Waals surface area contributed by atoms with E-state index in [0.29, 0.717) is 0 Å². The van der Waals surface area contributed by atoms with Crippen molar-refractivity contribution in [2.24, 2.45) is 0 Å². The number of rotatable bonds is 10. The van der Waals surface area contributed by atoms with Crippen molar-refractivity contribution in [2.75, 3.05) is 13.2 Å². The van der Waals surface area contributed by atoms with E-state index in [-0.39, 0.29) is 5.82 Å². The van der Waals surface area contributed by atoms with Gasteiger partial charge >= 0.3 is 9.28 Å². The standard InChI is InChI=1S/C15H24FO2Si/c1-3-17-19(18-4-2)12-7-5-6-9-14-10-8-11-15(16)13-14/h8,10-11,13H,3-7,9,12H2,1-2H3. The Hall–Kier alpha value is -0.713. The molecule has 0 bridgehead atoms. The Labute approximate surface area is 117 Å². The number of unbranched alkanes of at least 4 members (excludes halogenated alkanes) is 2. The molecule has 1 aromatic rings. The fraction of sp³-hybridized carbons (Fsp3) is 0.600. The maximum absolute atomic E-state index is 13.0. The quantitative estimate of drug-likeness (QED) is 0.475. The van der Waals surface area contributed by atoms with Crippen molar-refractivity contribution in [1.82, 2.24) is 0 Å². The highest BCUT2D eigenvalue weighted by molar-refractivity contribution is 6.44. The van der Waals surface area contributed by atoms with E-state index in [2.05, 4.69) is 0 Å². The molecule has 0 aliphatic carbocycles. The average Bonchev–Trinajstić information content (AvgIpc) is 2.39. The molecular weight excluding hydrogens is 259 g/mol. The smallest absolute Gasteiger partial charge is 0.384 e. The van der Waals surface area contributed by atoms with Crippen LogP contribution in [0.1, 0.15) is 38.7 Å². The highest BCUT2D eigenvalue weighted by atomic mass is 28.3. The van der Waals surface area contributed by atoms with Gasteiger partial charge in [0.15, 0.2) is 0 Å². The lowest BCUT2D eigenvalue weighted by Gasteiger charge is -2.12. The number of aryl methyl sites for hydroxylation is 1. The summed E-state index contributed by atoms with van der Waals surface area (Å²) in [6.07, 6.45) is 4.31. The van der Waals surface area contributed by atoms with Crippen molar-refractivity contribution < 1.29 is 13.2 Å². The highest BCUT2D eigenvalue weighted by Crippen LogP contribution is 2.11. The van der Waals surface area contributed by atoms with Gasteiger partial charge in [-0.25, -0.2) is 4.39 Å². The van der Waals surface area contributed by atoms with Crippen LogP contribution in [0.3, 0.4) is 0 Å². The van der Waals surface area contributed by atoms with Crippen molar-refractivity contribution in [3.63, 3.8) is 0 Å². The molecule has 0 spiro atoms. The summed E-state index contributed by atoms with van der Waals surface area (Å²) in [5.41, 5.74) is 1.08. The lowest BCUT2D eigenvalue weighted by Crippen LogP contribution is -2.22. The fourth-order valence-electron chi connectivity index (χ4n) is 1.98. The molecule has 0 N–H and O–H groups in total. The van der Waals surface area contributed by atoms with E-state index < -0.39 is 9.28 Å². The Morgan fingerprint density at radius 3 is 2.42 bits per heavy atom. The van der Waals surface area contributed by atoms with Crippen LogP contribution in [-0.4, -0.2) is 22.5 Å². The van der Waals surface area contributed by atoms with Crippen LogP contribution in [0.15, 0.2) is 24.3 Å². The summed E-state index contributed by atoms with van der Waals surface area (Å²) >= 11 is 0. The molecule has 0 aliphatic heterocycles. The third-order valence-corrected chi connectivity index (χ3v) is 4.83. The van der Waals surface area contributed by atoms with Crippen LogP contribution in [0, 0.1) is 5.82 Å². The first-order valence-electron chi connectivity index (χ1n) is 7.12. The normalized spacial score (nSPS) is 11.2. The minimum absolute atomic E-state index is 0.143. The van der Waals surface area contributed by atoms with Crippen LogP contribution in [0.4, 0.5) is 4.39 Å². The Bertz CT molecular complexity index is 341. The van der Waals surface area contributed by atoms with Gasteiger partial charge in [-0.2, -0.15) is 0 Å². The van der Waals surface area contributed by atoms with Crippen LogP contribution in [0.25, 0.3) is 0 Å². The fourth-order valence-corrected chi connectivity index (χ4v) is 3.53. The summed E-state index contributed by atoms with van der Waals surface area (Å²) < 4.78 is 24.2. The van der Waals surface area contributed by atoms with Crippen molar-refractivity contribution >= 4 is 9.28 Å². The van der Waals surface area contributed by atoms with Gasteiger partial charge in [0, 0.05) is 13.2 Å². The Morgan fingerprint density at radius 1 is 1.05 bits per heavy atom. The maximum atomic E-state index is 13.0. The van der Waals surface area contributed by atoms with Crippen molar-refractivity contribution in [3.05, 3.63) is 35.6 Å². The molecule has 0 saturated heterocycles. The molecule has 2 nitrogen and oxygen atoms in total. The molecule has 0 aromatic heterocycles. The van der Waals surface area contributed by atoms with Crippen molar-refractivity contribution in [1.29, 1.82) is 0 Å². The summed E-state index contributed by atoms with van der Waals surface area (Å²) in [6, 6.07) is 7.90. The molecule has 0 saturated carbocycles. The van der Waals surface area contributed by atoms with E-state index in [9.17, 15) is 4.39 Å². The third kappa shape index (κ3) is 7.45. The molecular formula is C15H24FO2Si. The molecule has 1 aromatic carbocycles. The van der Waals surface area contributed by atoms with Crippen LogP contribution in [-0.2, 0) is 15.3 Å². The molecule has 0 unspecified atom stereocenters. The van der Waals surface area contributed by atoms with E-state index >= 15 is 0 Å². The first kappa shape index (κ1) is 16.3. The average molecular weight is 283 g/mol. The zero-order valence-electron chi connectivity index (χ0n) is 12.0. The van der Waals surface area contributed by atoms with Crippen molar-refractivity contribution in [3.8, 4) is 0 Å². The summed E-state index contributed by atoms with van der Waals surface area (Å²) in [6.45, 7) is 5.48. The maximum Gasteiger partial charge on any atom is 0.384 e. The van der Waals surface area contributed by atoms with E-state index in [1.807, 2.05) is 19.9 Å². The van der Waals surface area contributed by atoms with Gasteiger partial charge in [-0.05, 0) is 50.4 Å². The molecule has 0 heterocycles. The van der Waals surface area contributed by atoms with Gasteiger partial charge in [-0.15, -0.1) is 0 Å². The second-order valence-corrected chi connectivity index (χ2v) is 6.25. The van der Waals surface area contributed by atoms with Gasteiger partial charge in [0.1, 0.15) is 5.82 Å². The molecule has 0 fully saturated rings. The zero-order valence-corrected chi connectivity index (χ0v) is 13.0. The lowest BCUT2D eigenvalue weighted by molar-refractivity contribution is 0.212. The van der Waals surface area contributed by atoms with Gasteiger partial charge in [0.05, 0.1) is 0 Å². The van der Waals surface area contributed by atoms with E-state index in [1.165, 1.54) is 6.07 Å². The molecule has 1 rings (SSSR count). The minimum Gasteiger partial charge on any atom is -0.394 e. The van der Waals surface area contributed by atoms with Gasteiger partial charge in [0.2, 0.25) is 0 Å². The summed E-state index contributed by atoms with van der Waals surface area (Å²) in [5.74, 6) is -0.143. The first-order valence-corrected chi connectivity index (χ1v) is 8.64. The Balaban J connectivity index is 2.13. The summed E-state index contributed by atoms with van der Waals surface area (Å²) in [7, 11) is -1.06. The molecule has 0 amide bonds. The molecule has 0 aliphatic rings. The van der Waals surface area contributed by atoms with Crippen LogP contribution in [0.2, 0.25) is 6.04 Å². The first-order chi connectivity index (χ1) is 9.26. The predicted molar refractivity (Wildman–Crippen MR) is 77.8 cm³/mol. The zero-order chi connectivity index (χ0) is 13.9. The van der Waals surface area contributed by atoms with Gasteiger partial charge < -0.3 is 8.85 Å².